The maximum absolute atomic E-state index is 13.0. The minimum atomic E-state index is -3.59. The fourth-order valence-corrected chi connectivity index (χ4v) is 5.34. The molecule has 144 valence electrons. The average molecular weight is 380 g/mol. The van der Waals surface area contributed by atoms with Gasteiger partial charge in [0.05, 0.1) is 4.90 Å². The quantitative estimate of drug-likeness (QED) is 0.869. The Kier molecular flexibility index (Phi) is 5.99. The molecule has 1 aromatic rings. The number of hydrogen-bond donors (Lipinski definition) is 1. The Hall–Kier alpha value is -1.44. The Labute approximate surface area is 156 Å². The van der Waals surface area contributed by atoms with E-state index in [0.717, 1.165) is 38.5 Å². The van der Waals surface area contributed by atoms with Crippen LogP contribution in [-0.2, 0) is 10.0 Å². The summed E-state index contributed by atoms with van der Waals surface area (Å²) >= 11 is 0. The fourth-order valence-electron chi connectivity index (χ4n) is 3.88. The van der Waals surface area contributed by atoms with Crippen molar-refractivity contribution >= 4 is 15.9 Å². The second kappa shape index (κ2) is 8.06. The van der Waals surface area contributed by atoms with E-state index < -0.39 is 10.0 Å². The van der Waals surface area contributed by atoms with Crippen LogP contribution in [0.3, 0.4) is 0 Å². The Morgan fingerprint density at radius 3 is 2.42 bits per heavy atom. The second-order valence-corrected chi connectivity index (χ2v) is 9.47. The molecule has 1 saturated carbocycles. The second-order valence-electron chi connectivity index (χ2n) is 7.47. The molecule has 0 radical (unpaired) electrons. The third-order valence-corrected chi connectivity index (χ3v) is 7.58. The van der Waals surface area contributed by atoms with Crippen LogP contribution in [0.2, 0.25) is 0 Å². The summed E-state index contributed by atoms with van der Waals surface area (Å²) in [6, 6.07) is 6.65. The van der Waals surface area contributed by atoms with Gasteiger partial charge in [-0.3, -0.25) is 4.79 Å². The van der Waals surface area contributed by atoms with Gasteiger partial charge in [-0.2, -0.15) is 4.31 Å². The molecular weight excluding hydrogens is 350 g/mol. The first-order chi connectivity index (χ1) is 12.4. The van der Waals surface area contributed by atoms with Crippen molar-refractivity contribution in [1.29, 1.82) is 0 Å². The summed E-state index contributed by atoms with van der Waals surface area (Å²) in [6.45, 7) is 1.25. The third-order valence-electron chi connectivity index (χ3n) is 5.67. The van der Waals surface area contributed by atoms with Crippen molar-refractivity contribution in [3.8, 4) is 0 Å². The molecule has 1 amide bonds. The molecule has 1 aromatic carbocycles. The molecule has 1 heterocycles. The Morgan fingerprint density at radius 2 is 1.77 bits per heavy atom. The zero-order valence-corrected chi connectivity index (χ0v) is 16.2. The number of hydrogen-bond acceptors (Lipinski definition) is 4. The van der Waals surface area contributed by atoms with E-state index in [9.17, 15) is 13.2 Å². The lowest BCUT2D eigenvalue weighted by Crippen LogP contribution is -2.43. The maximum atomic E-state index is 13.0. The lowest BCUT2D eigenvalue weighted by molar-refractivity contribution is 0.0714. The first-order valence-corrected chi connectivity index (χ1v) is 11.0. The highest BCUT2D eigenvalue weighted by Gasteiger charge is 2.30. The van der Waals surface area contributed by atoms with Crippen molar-refractivity contribution in [3.05, 3.63) is 29.8 Å². The highest BCUT2D eigenvalue weighted by Crippen LogP contribution is 2.27. The number of nitrogens with zero attached hydrogens (tertiary/aromatic N) is 2. The van der Waals surface area contributed by atoms with Crippen LogP contribution < -0.4 is 5.73 Å². The van der Waals surface area contributed by atoms with Crippen molar-refractivity contribution < 1.29 is 13.2 Å². The molecule has 1 aliphatic heterocycles. The van der Waals surface area contributed by atoms with Gasteiger partial charge >= 0.3 is 0 Å². The summed E-state index contributed by atoms with van der Waals surface area (Å²) in [6.07, 6.45) is 6.70. The van der Waals surface area contributed by atoms with Gasteiger partial charge in [0.25, 0.3) is 5.91 Å². The van der Waals surface area contributed by atoms with Gasteiger partial charge < -0.3 is 10.6 Å². The molecule has 3 rings (SSSR count). The minimum Gasteiger partial charge on any atom is -0.339 e. The molecule has 0 atom stereocenters. The van der Waals surface area contributed by atoms with Crippen LogP contribution in [0.25, 0.3) is 0 Å². The van der Waals surface area contributed by atoms with Gasteiger partial charge in [-0.05, 0) is 43.9 Å². The summed E-state index contributed by atoms with van der Waals surface area (Å²) in [5, 5.41) is 0. The average Bonchev–Trinajstić information content (AvgIpc) is 2.68. The SMILES string of the molecule is CN(C1CCCCC1)S(=O)(=O)c1cccc(C(=O)N2CCC(N)CC2)c1. The molecule has 1 aliphatic carbocycles. The molecular formula is C19H29N3O3S. The van der Waals surface area contributed by atoms with Gasteiger partial charge in [0, 0.05) is 37.8 Å². The Bertz CT molecular complexity index is 736. The molecule has 7 heteroatoms. The van der Waals surface area contributed by atoms with Crippen LogP contribution in [0, 0.1) is 0 Å². The summed E-state index contributed by atoms with van der Waals surface area (Å²) < 4.78 is 27.5. The molecule has 26 heavy (non-hydrogen) atoms. The van der Waals surface area contributed by atoms with Gasteiger partial charge in [-0.15, -0.1) is 0 Å². The number of carbonyl (C=O) groups is 1. The number of likely N-dealkylation sites (tertiary alicyclic amines) is 1. The fraction of sp³-hybridized carbons (Fsp3) is 0.632. The Balaban J connectivity index is 1.78. The van der Waals surface area contributed by atoms with Gasteiger partial charge in [-0.25, -0.2) is 8.42 Å². The summed E-state index contributed by atoms with van der Waals surface area (Å²) in [5.74, 6) is -0.116. The van der Waals surface area contributed by atoms with E-state index >= 15 is 0 Å². The molecule has 0 spiro atoms. The molecule has 6 nitrogen and oxygen atoms in total. The zero-order valence-electron chi connectivity index (χ0n) is 15.4. The minimum absolute atomic E-state index is 0.0525. The lowest BCUT2D eigenvalue weighted by Gasteiger charge is -2.31. The predicted molar refractivity (Wildman–Crippen MR) is 101 cm³/mol. The molecule has 0 aromatic heterocycles. The predicted octanol–water partition coefficient (Wildman–Crippen LogP) is 2.20. The molecule has 2 N–H and O–H groups in total. The summed E-state index contributed by atoms with van der Waals surface area (Å²) in [4.78, 5) is 14.7. The largest absolute Gasteiger partial charge is 0.339 e. The summed E-state index contributed by atoms with van der Waals surface area (Å²) in [7, 11) is -1.93. The zero-order chi connectivity index (χ0) is 18.7. The first-order valence-electron chi connectivity index (χ1n) is 9.52. The molecule has 0 unspecified atom stereocenters. The normalized spacial score (nSPS) is 20.5. The van der Waals surface area contributed by atoms with Crippen LogP contribution in [-0.4, -0.2) is 55.8 Å². The van der Waals surface area contributed by atoms with Crippen LogP contribution in [0.15, 0.2) is 29.2 Å². The number of rotatable bonds is 4. The van der Waals surface area contributed by atoms with E-state index in [2.05, 4.69) is 0 Å². The van der Waals surface area contributed by atoms with Gasteiger partial charge in [0.1, 0.15) is 0 Å². The number of sulfonamides is 1. The summed E-state index contributed by atoms with van der Waals surface area (Å²) in [5.41, 5.74) is 6.33. The van der Waals surface area contributed by atoms with Gasteiger partial charge in [0.2, 0.25) is 10.0 Å². The number of carbonyl (C=O) groups excluding carboxylic acids is 1. The standard InChI is InChI=1S/C19H29N3O3S/c1-21(17-7-3-2-4-8-17)26(24,25)18-9-5-6-15(14-18)19(23)22-12-10-16(20)11-13-22/h5-6,9,14,16-17H,2-4,7-8,10-13,20H2,1H3. The monoisotopic (exact) mass is 379 g/mol. The van der Waals surface area contributed by atoms with Crippen LogP contribution in [0.4, 0.5) is 0 Å². The smallest absolute Gasteiger partial charge is 0.253 e. The van der Waals surface area contributed by atoms with Crippen molar-refractivity contribution in [2.75, 3.05) is 20.1 Å². The number of piperidine rings is 1. The van der Waals surface area contributed by atoms with Crippen LogP contribution >= 0.6 is 0 Å². The van der Waals surface area contributed by atoms with Gasteiger partial charge in [0.15, 0.2) is 0 Å². The molecule has 2 aliphatic rings. The first kappa shape index (κ1) is 19.3. The van der Waals surface area contributed by atoms with E-state index in [1.165, 1.54) is 16.8 Å². The van der Waals surface area contributed by atoms with Gasteiger partial charge in [-0.1, -0.05) is 25.3 Å². The van der Waals surface area contributed by atoms with Crippen LogP contribution in [0.1, 0.15) is 55.3 Å². The van der Waals surface area contributed by atoms with E-state index in [4.69, 9.17) is 5.73 Å². The van der Waals surface area contributed by atoms with E-state index in [-0.39, 0.29) is 22.9 Å². The van der Waals surface area contributed by atoms with Crippen molar-refractivity contribution in [2.24, 2.45) is 5.73 Å². The number of benzene rings is 1. The highest BCUT2D eigenvalue weighted by molar-refractivity contribution is 7.89. The number of nitrogens with two attached hydrogens (primary N) is 1. The molecule has 2 fully saturated rings. The van der Waals surface area contributed by atoms with E-state index in [0.29, 0.717) is 18.7 Å². The number of amides is 1. The van der Waals surface area contributed by atoms with E-state index in [1.807, 2.05) is 0 Å². The lowest BCUT2D eigenvalue weighted by atomic mass is 9.96. The van der Waals surface area contributed by atoms with Crippen molar-refractivity contribution in [3.63, 3.8) is 0 Å². The molecule has 1 saturated heterocycles. The maximum Gasteiger partial charge on any atom is 0.253 e. The van der Waals surface area contributed by atoms with Crippen molar-refractivity contribution in [2.45, 2.75) is 61.9 Å². The van der Waals surface area contributed by atoms with Crippen LogP contribution in [0.5, 0.6) is 0 Å². The molecule has 0 bridgehead atoms. The van der Waals surface area contributed by atoms with E-state index in [1.54, 1.807) is 30.1 Å². The Morgan fingerprint density at radius 1 is 1.12 bits per heavy atom. The highest BCUT2D eigenvalue weighted by atomic mass is 32.2. The van der Waals surface area contributed by atoms with Crippen molar-refractivity contribution in [1.82, 2.24) is 9.21 Å². The topological polar surface area (TPSA) is 83.7 Å². The third kappa shape index (κ3) is 4.10.